The SMILES string of the molecule is CC(C)(C)c1ccnc(-n2c3[c-]c(Oc4[c-]c(N5[CH-]N(C6CCCC6)c6cccnc65)ccc4)ccc3c3ccccc32)c1.[Pt]. The van der Waals surface area contributed by atoms with Gasteiger partial charge in [-0.2, -0.15) is 12.1 Å². The molecule has 0 radical (unpaired) electrons. The molecule has 45 heavy (non-hydrogen) atoms. The molecule has 6 nitrogen and oxygen atoms in total. The fraction of sp³-hybridized carbons (Fsp3) is 0.237. The van der Waals surface area contributed by atoms with Crippen LogP contribution < -0.4 is 14.5 Å². The molecule has 0 saturated heterocycles. The second-order valence-corrected chi connectivity index (χ2v) is 12.8. The fourth-order valence-electron chi connectivity index (χ4n) is 6.60. The van der Waals surface area contributed by atoms with Crippen molar-refractivity contribution in [2.75, 3.05) is 9.80 Å². The maximum Gasteiger partial charge on any atom is 0.135 e. The van der Waals surface area contributed by atoms with Gasteiger partial charge in [-0.1, -0.05) is 63.0 Å². The molecule has 3 aromatic heterocycles. The molecule has 2 aliphatic rings. The zero-order chi connectivity index (χ0) is 29.8. The minimum absolute atomic E-state index is 0. The number of aromatic nitrogens is 3. The number of pyridine rings is 2. The number of fused-ring (bicyclic) bond motifs is 4. The van der Waals surface area contributed by atoms with E-state index < -0.39 is 0 Å². The summed E-state index contributed by atoms with van der Waals surface area (Å²) in [6, 6.07) is 34.6. The Morgan fingerprint density at radius 2 is 1.64 bits per heavy atom. The first-order valence-corrected chi connectivity index (χ1v) is 15.4. The minimum atomic E-state index is 0. The molecule has 0 unspecified atom stereocenters. The molecule has 0 atom stereocenters. The number of ether oxygens (including phenoxy) is 1. The van der Waals surface area contributed by atoms with Crippen molar-refractivity contribution >= 4 is 39.0 Å². The molecule has 0 spiro atoms. The third-order valence-corrected chi connectivity index (χ3v) is 8.86. The number of para-hydroxylation sites is 1. The van der Waals surface area contributed by atoms with Gasteiger partial charge in [0.25, 0.3) is 0 Å². The molecule has 1 aliphatic carbocycles. The number of hydrogen-bond donors (Lipinski definition) is 0. The zero-order valence-electron chi connectivity index (χ0n) is 25.6. The van der Waals surface area contributed by atoms with E-state index in [1.165, 1.54) is 31.2 Å². The number of hydrogen-bond acceptors (Lipinski definition) is 5. The number of anilines is 3. The summed E-state index contributed by atoms with van der Waals surface area (Å²) in [6.07, 6.45) is 8.71. The predicted octanol–water partition coefficient (Wildman–Crippen LogP) is 9.28. The Balaban J connectivity index is 0.00000325. The van der Waals surface area contributed by atoms with Gasteiger partial charge in [-0.25, -0.2) is 9.97 Å². The van der Waals surface area contributed by atoms with Crippen molar-refractivity contribution in [3.8, 4) is 17.3 Å². The molecule has 4 heterocycles. The third-order valence-electron chi connectivity index (χ3n) is 8.86. The molecular formula is C38H34N5OPt-3. The maximum absolute atomic E-state index is 6.45. The van der Waals surface area contributed by atoms with E-state index in [9.17, 15) is 0 Å². The molecule has 0 amide bonds. The predicted molar refractivity (Wildman–Crippen MR) is 177 cm³/mol. The fourth-order valence-corrected chi connectivity index (χ4v) is 6.60. The normalized spacial score (nSPS) is 15.1. The van der Waals surface area contributed by atoms with Gasteiger partial charge in [0, 0.05) is 62.2 Å². The molecular weight excluding hydrogens is 738 g/mol. The Hall–Kier alpha value is -4.15. The van der Waals surface area contributed by atoms with Crippen LogP contribution >= 0.6 is 0 Å². The molecule has 6 aromatic rings. The smallest absolute Gasteiger partial charge is 0.135 e. The van der Waals surface area contributed by atoms with Crippen LogP contribution in [0.15, 0.2) is 91.3 Å². The summed E-state index contributed by atoms with van der Waals surface area (Å²) in [6.45, 7) is 8.85. The Morgan fingerprint density at radius 3 is 2.49 bits per heavy atom. The van der Waals surface area contributed by atoms with Gasteiger partial charge in [-0.15, -0.1) is 42.4 Å². The molecule has 1 saturated carbocycles. The zero-order valence-corrected chi connectivity index (χ0v) is 27.9. The topological polar surface area (TPSA) is 46.4 Å². The first-order valence-electron chi connectivity index (χ1n) is 15.4. The van der Waals surface area contributed by atoms with Crippen LogP contribution in [0, 0.1) is 18.8 Å². The van der Waals surface area contributed by atoms with Crippen LogP contribution in [-0.4, -0.2) is 20.6 Å². The van der Waals surface area contributed by atoms with Gasteiger partial charge in [0.05, 0.1) is 0 Å². The quantitative estimate of drug-likeness (QED) is 0.164. The Bertz CT molecular complexity index is 2010. The van der Waals surface area contributed by atoms with Crippen LogP contribution in [0.4, 0.5) is 17.2 Å². The van der Waals surface area contributed by atoms with Gasteiger partial charge < -0.3 is 19.1 Å². The molecule has 0 bridgehead atoms. The van der Waals surface area contributed by atoms with E-state index >= 15 is 0 Å². The Kier molecular flexibility index (Phi) is 7.65. The average molecular weight is 772 g/mol. The van der Waals surface area contributed by atoms with Crippen molar-refractivity contribution in [1.82, 2.24) is 14.5 Å². The van der Waals surface area contributed by atoms with Crippen LogP contribution in [-0.2, 0) is 26.5 Å². The molecule has 7 heteroatoms. The molecule has 230 valence electrons. The Morgan fingerprint density at radius 1 is 0.822 bits per heavy atom. The average Bonchev–Trinajstić information content (AvgIpc) is 3.77. The van der Waals surface area contributed by atoms with E-state index in [-0.39, 0.29) is 26.5 Å². The maximum atomic E-state index is 6.45. The van der Waals surface area contributed by atoms with E-state index in [1.807, 2.05) is 36.7 Å². The molecule has 3 aromatic carbocycles. The third kappa shape index (κ3) is 5.29. The van der Waals surface area contributed by atoms with Crippen molar-refractivity contribution in [1.29, 1.82) is 0 Å². The van der Waals surface area contributed by atoms with Gasteiger partial charge in [-0.3, -0.25) is 0 Å². The van der Waals surface area contributed by atoms with Gasteiger partial charge in [0.2, 0.25) is 0 Å². The van der Waals surface area contributed by atoms with Crippen molar-refractivity contribution in [2.45, 2.75) is 57.9 Å². The number of rotatable bonds is 5. The first-order chi connectivity index (χ1) is 21.4. The van der Waals surface area contributed by atoms with Crippen molar-refractivity contribution in [2.24, 2.45) is 0 Å². The van der Waals surface area contributed by atoms with E-state index in [4.69, 9.17) is 14.7 Å². The van der Waals surface area contributed by atoms with Crippen LogP contribution in [0.25, 0.3) is 27.6 Å². The van der Waals surface area contributed by atoms with Crippen LogP contribution in [0.2, 0.25) is 0 Å². The minimum Gasteiger partial charge on any atom is -0.509 e. The van der Waals surface area contributed by atoms with E-state index in [1.54, 1.807) is 0 Å². The van der Waals surface area contributed by atoms with Gasteiger partial charge in [-0.05, 0) is 59.5 Å². The van der Waals surface area contributed by atoms with Crippen LogP contribution in [0.1, 0.15) is 52.0 Å². The molecule has 1 aliphatic heterocycles. The molecule has 8 rings (SSSR count). The van der Waals surface area contributed by atoms with Crippen molar-refractivity contribution in [3.63, 3.8) is 0 Å². The summed E-state index contributed by atoms with van der Waals surface area (Å²) < 4.78 is 8.63. The summed E-state index contributed by atoms with van der Waals surface area (Å²) in [7, 11) is 0. The monoisotopic (exact) mass is 771 g/mol. The summed E-state index contributed by atoms with van der Waals surface area (Å²) in [4.78, 5) is 14.1. The summed E-state index contributed by atoms with van der Waals surface area (Å²) in [5.41, 5.74) is 5.29. The largest absolute Gasteiger partial charge is 0.509 e. The summed E-state index contributed by atoms with van der Waals surface area (Å²) >= 11 is 0. The van der Waals surface area contributed by atoms with Gasteiger partial charge in [0.1, 0.15) is 11.6 Å². The van der Waals surface area contributed by atoms with Crippen LogP contribution in [0.5, 0.6) is 11.5 Å². The molecule has 0 N–H and O–H groups in total. The summed E-state index contributed by atoms with van der Waals surface area (Å²) in [5.74, 6) is 3.04. The van der Waals surface area contributed by atoms with Gasteiger partial charge in [0.15, 0.2) is 0 Å². The van der Waals surface area contributed by atoms with Crippen molar-refractivity contribution in [3.05, 3.63) is 116 Å². The second kappa shape index (κ2) is 11.6. The van der Waals surface area contributed by atoms with E-state index in [0.717, 1.165) is 44.8 Å². The van der Waals surface area contributed by atoms with E-state index in [0.29, 0.717) is 17.5 Å². The van der Waals surface area contributed by atoms with E-state index in [2.05, 4.69) is 109 Å². The first kappa shape index (κ1) is 29.6. The standard InChI is InChI=1S/C38H34N5O.Pt/c1-38(2,3)26-19-21-39-36(22-26)43-33-15-7-6-14-31(33)32-18-17-30(24-35(32)43)44-29-13-8-12-28(23-29)42-25-41(27-10-4-5-11-27)34-16-9-20-40-37(34)42;/h6-9,12-22,25,27H,4-5,10-11H2,1-3H3;/q-3;. The molecule has 1 fully saturated rings. The number of nitrogens with zero attached hydrogens (tertiary/aromatic N) is 5. The van der Waals surface area contributed by atoms with Crippen LogP contribution in [0.3, 0.4) is 0 Å². The second-order valence-electron chi connectivity index (χ2n) is 12.8. The summed E-state index contributed by atoms with van der Waals surface area (Å²) in [5, 5.41) is 2.26. The van der Waals surface area contributed by atoms with Gasteiger partial charge >= 0.3 is 0 Å². The Labute approximate surface area is 278 Å². The van der Waals surface area contributed by atoms with Crippen molar-refractivity contribution < 1.29 is 25.8 Å². The number of benzene rings is 3.